The SMILES string of the molecule is CCC(CC)C(Br)c1cc(C)c(F)cc1Cl. The van der Waals surface area contributed by atoms with Crippen LogP contribution in [0.2, 0.25) is 5.02 Å². The Labute approximate surface area is 110 Å². The quantitative estimate of drug-likeness (QED) is 0.630. The van der Waals surface area contributed by atoms with Crippen LogP contribution in [-0.2, 0) is 0 Å². The van der Waals surface area contributed by atoms with E-state index < -0.39 is 0 Å². The molecule has 0 aliphatic carbocycles. The Morgan fingerprint density at radius 3 is 2.38 bits per heavy atom. The Hall–Kier alpha value is -0.0800. The van der Waals surface area contributed by atoms with Gasteiger partial charge in [0.1, 0.15) is 5.82 Å². The Kier molecular flexibility index (Phi) is 5.26. The third-order valence-electron chi connectivity index (χ3n) is 3.04. The molecule has 0 saturated heterocycles. The number of benzene rings is 1. The van der Waals surface area contributed by atoms with Crippen LogP contribution in [0.3, 0.4) is 0 Å². The van der Waals surface area contributed by atoms with Gasteiger partial charge in [-0.25, -0.2) is 4.39 Å². The summed E-state index contributed by atoms with van der Waals surface area (Å²) >= 11 is 9.76. The predicted octanol–water partition coefficient (Wildman–Crippen LogP) is 5.66. The highest BCUT2D eigenvalue weighted by Crippen LogP contribution is 2.39. The average molecular weight is 308 g/mol. The molecule has 0 heterocycles. The molecular weight excluding hydrogens is 290 g/mol. The molecule has 90 valence electrons. The molecule has 1 atom stereocenters. The van der Waals surface area contributed by atoms with Gasteiger partial charge >= 0.3 is 0 Å². The summed E-state index contributed by atoms with van der Waals surface area (Å²) in [5.74, 6) is 0.292. The summed E-state index contributed by atoms with van der Waals surface area (Å²) in [5, 5.41) is 0.511. The van der Waals surface area contributed by atoms with E-state index in [2.05, 4.69) is 29.8 Å². The number of halogens is 3. The van der Waals surface area contributed by atoms with E-state index in [0.717, 1.165) is 18.4 Å². The largest absolute Gasteiger partial charge is 0.207 e. The highest BCUT2D eigenvalue weighted by molar-refractivity contribution is 9.09. The van der Waals surface area contributed by atoms with Crippen LogP contribution < -0.4 is 0 Å². The molecule has 3 heteroatoms. The monoisotopic (exact) mass is 306 g/mol. The van der Waals surface area contributed by atoms with Crippen molar-refractivity contribution in [3.05, 3.63) is 34.1 Å². The fraction of sp³-hybridized carbons (Fsp3) is 0.538. The van der Waals surface area contributed by atoms with Gasteiger partial charge in [-0.2, -0.15) is 0 Å². The molecule has 0 fully saturated rings. The Morgan fingerprint density at radius 1 is 1.31 bits per heavy atom. The van der Waals surface area contributed by atoms with Crippen LogP contribution in [0.5, 0.6) is 0 Å². The van der Waals surface area contributed by atoms with Crippen molar-refractivity contribution in [2.45, 2.75) is 38.4 Å². The van der Waals surface area contributed by atoms with Gasteiger partial charge in [-0.3, -0.25) is 0 Å². The maximum absolute atomic E-state index is 13.3. The predicted molar refractivity (Wildman–Crippen MR) is 71.9 cm³/mol. The summed E-state index contributed by atoms with van der Waals surface area (Å²) in [6.45, 7) is 6.08. The molecule has 0 aliphatic rings. The Morgan fingerprint density at radius 2 is 1.88 bits per heavy atom. The van der Waals surface area contributed by atoms with Crippen molar-refractivity contribution in [1.29, 1.82) is 0 Å². The van der Waals surface area contributed by atoms with Gasteiger partial charge in [0.15, 0.2) is 0 Å². The molecule has 0 bridgehead atoms. The zero-order valence-electron chi connectivity index (χ0n) is 9.86. The molecule has 1 aromatic carbocycles. The standard InChI is InChI=1S/C13H17BrClF/c1-4-9(5-2)13(14)10-6-8(3)12(16)7-11(10)15/h6-7,9,13H,4-5H2,1-3H3. The van der Waals surface area contributed by atoms with Gasteiger partial charge in [-0.15, -0.1) is 0 Å². The van der Waals surface area contributed by atoms with E-state index in [1.54, 1.807) is 6.92 Å². The van der Waals surface area contributed by atoms with E-state index in [-0.39, 0.29) is 10.6 Å². The number of hydrogen-bond acceptors (Lipinski definition) is 0. The molecule has 1 rings (SSSR count). The van der Waals surface area contributed by atoms with Crippen molar-refractivity contribution in [2.75, 3.05) is 0 Å². The molecule has 0 spiro atoms. The van der Waals surface area contributed by atoms with Gasteiger partial charge in [-0.05, 0) is 30.0 Å². The van der Waals surface area contributed by atoms with E-state index in [0.29, 0.717) is 16.5 Å². The third kappa shape index (κ3) is 2.98. The van der Waals surface area contributed by atoms with Crippen LogP contribution >= 0.6 is 27.5 Å². The van der Waals surface area contributed by atoms with Gasteiger partial charge in [0.25, 0.3) is 0 Å². The summed E-state index contributed by atoms with van der Waals surface area (Å²) in [5.41, 5.74) is 1.64. The Balaban J connectivity index is 3.07. The highest BCUT2D eigenvalue weighted by Gasteiger charge is 2.20. The molecule has 1 aromatic rings. The maximum atomic E-state index is 13.3. The minimum atomic E-state index is -0.238. The zero-order valence-corrected chi connectivity index (χ0v) is 12.2. The molecule has 16 heavy (non-hydrogen) atoms. The lowest BCUT2D eigenvalue weighted by Crippen LogP contribution is -2.06. The lowest BCUT2D eigenvalue weighted by atomic mass is 9.93. The van der Waals surface area contributed by atoms with Gasteiger partial charge < -0.3 is 0 Å². The van der Waals surface area contributed by atoms with Crippen molar-refractivity contribution in [1.82, 2.24) is 0 Å². The van der Waals surface area contributed by atoms with E-state index >= 15 is 0 Å². The zero-order chi connectivity index (χ0) is 12.3. The molecule has 0 aromatic heterocycles. The second kappa shape index (κ2) is 6.02. The summed E-state index contributed by atoms with van der Waals surface area (Å²) in [6.07, 6.45) is 2.17. The van der Waals surface area contributed by atoms with Gasteiger partial charge in [-0.1, -0.05) is 60.3 Å². The van der Waals surface area contributed by atoms with Crippen LogP contribution in [0.25, 0.3) is 0 Å². The summed E-state index contributed by atoms with van der Waals surface area (Å²) in [7, 11) is 0. The molecule has 0 amide bonds. The maximum Gasteiger partial charge on any atom is 0.127 e. The van der Waals surface area contributed by atoms with Crippen molar-refractivity contribution in [2.24, 2.45) is 5.92 Å². The third-order valence-corrected chi connectivity index (χ3v) is 4.61. The topological polar surface area (TPSA) is 0 Å². The minimum Gasteiger partial charge on any atom is -0.207 e. The minimum absolute atomic E-state index is 0.203. The first kappa shape index (κ1) is 14.0. The molecular formula is C13H17BrClF. The molecule has 0 radical (unpaired) electrons. The lowest BCUT2D eigenvalue weighted by Gasteiger charge is -2.21. The van der Waals surface area contributed by atoms with Crippen LogP contribution in [0, 0.1) is 18.7 Å². The highest BCUT2D eigenvalue weighted by atomic mass is 79.9. The number of aryl methyl sites for hydroxylation is 1. The fourth-order valence-electron chi connectivity index (χ4n) is 1.85. The molecule has 0 N–H and O–H groups in total. The summed E-state index contributed by atoms with van der Waals surface area (Å²) < 4.78 is 13.3. The van der Waals surface area contributed by atoms with Crippen LogP contribution in [-0.4, -0.2) is 0 Å². The second-order valence-electron chi connectivity index (χ2n) is 4.10. The van der Waals surface area contributed by atoms with Crippen LogP contribution in [0.4, 0.5) is 4.39 Å². The Bertz CT molecular complexity index is 361. The fourth-order valence-corrected chi connectivity index (χ4v) is 3.37. The van der Waals surface area contributed by atoms with Crippen molar-refractivity contribution >= 4 is 27.5 Å². The second-order valence-corrected chi connectivity index (χ2v) is 5.49. The van der Waals surface area contributed by atoms with E-state index in [4.69, 9.17) is 11.6 Å². The van der Waals surface area contributed by atoms with Crippen molar-refractivity contribution in [3.8, 4) is 0 Å². The van der Waals surface area contributed by atoms with Gasteiger partial charge in [0.2, 0.25) is 0 Å². The van der Waals surface area contributed by atoms with Crippen LogP contribution in [0.15, 0.2) is 12.1 Å². The smallest absolute Gasteiger partial charge is 0.127 e. The summed E-state index contributed by atoms with van der Waals surface area (Å²) in [6, 6.07) is 3.25. The van der Waals surface area contributed by atoms with Crippen molar-refractivity contribution in [3.63, 3.8) is 0 Å². The van der Waals surface area contributed by atoms with E-state index in [1.807, 2.05) is 6.07 Å². The normalized spacial score (nSPS) is 13.2. The summed E-state index contributed by atoms with van der Waals surface area (Å²) in [4.78, 5) is 0.203. The molecule has 0 aliphatic heterocycles. The van der Waals surface area contributed by atoms with Gasteiger partial charge in [0, 0.05) is 9.85 Å². The average Bonchev–Trinajstić information content (AvgIpc) is 2.25. The van der Waals surface area contributed by atoms with E-state index in [9.17, 15) is 4.39 Å². The molecule has 0 saturated carbocycles. The van der Waals surface area contributed by atoms with Gasteiger partial charge in [0.05, 0.1) is 0 Å². The first-order valence-electron chi connectivity index (χ1n) is 5.60. The number of alkyl halides is 1. The van der Waals surface area contributed by atoms with Crippen LogP contribution in [0.1, 0.15) is 42.6 Å². The molecule has 0 nitrogen and oxygen atoms in total. The van der Waals surface area contributed by atoms with E-state index in [1.165, 1.54) is 6.07 Å². The number of rotatable bonds is 4. The number of hydrogen-bond donors (Lipinski definition) is 0. The van der Waals surface area contributed by atoms with Crippen molar-refractivity contribution < 1.29 is 4.39 Å². The first-order valence-corrected chi connectivity index (χ1v) is 6.90. The first-order chi connectivity index (χ1) is 7.51. The molecule has 1 unspecified atom stereocenters. The lowest BCUT2D eigenvalue weighted by molar-refractivity contribution is 0.486.